The van der Waals surface area contributed by atoms with Crippen LogP contribution in [0.15, 0.2) is 24.5 Å². The molecule has 0 saturated carbocycles. The van der Waals surface area contributed by atoms with Gasteiger partial charge in [0.1, 0.15) is 0 Å². The second-order valence-electron chi connectivity index (χ2n) is 4.78. The van der Waals surface area contributed by atoms with Crippen molar-refractivity contribution in [1.82, 2.24) is 9.88 Å². The lowest BCUT2D eigenvalue weighted by Gasteiger charge is -2.38. The average molecular weight is 234 g/mol. The molecule has 1 atom stereocenters. The van der Waals surface area contributed by atoms with E-state index in [0.29, 0.717) is 0 Å². The van der Waals surface area contributed by atoms with Crippen LogP contribution in [0, 0.1) is 0 Å². The monoisotopic (exact) mass is 234 g/mol. The highest BCUT2D eigenvalue weighted by molar-refractivity contribution is 5.68. The van der Waals surface area contributed by atoms with Crippen LogP contribution in [0.1, 0.15) is 31.7 Å². The highest BCUT2D eigenvalue weighted by Crippen LogP contribution is 2.34. The van der Waals surface area contributed by atoms with E-state index in [-0.39, 0.29) is 6.42 Å². The lowest BCUT2D eigenvalue weighted by Crippen LogP contribution is -2.43. The number of pyridine rings is 1. The lowest BCUT2D eigenvalue weighted by atomic mass is 9.88. The fraction of sp³-hybridized carbons (Fsp3) is 0.538. The van der Waals surface area contributed by atoms with Gasteiger partial charge in [-0.2, -0.15) is 0 Å². The number of nitrogens with zero attached hydrogens (tertiary/aromatic N) is 2. The first-order valence-corrected chi connectivity index (χ1v) is 6.00. The Hall–Kier alpha value is -1.42. The summed E-state index contributed by atoms with van der Waals surface area (Å²) in [5.74, 6) is -0.761. The van der Waals surface area contributed by atoms with E-state index in [2.05, 4.69) is 9.88 Å². The van der Waals surface area contributed by atoms with E-state index in [4.69, 9.17) is 5.11 Å². The van der Waals surface area contributed by atoms with E-state index in [1.54, 1.807) is 12.4 Å². The van der Waals surface area contributed by atoms with Crippen LogP contribution in [-0.4, -0.2) is 34.0 Å². The van der Waals surface area contributed by atoms with Gasteiger partial charge in [-0.15, -0.1) is 0 Å². The molecule has 0 aromatic carbocycles. The zero-order chi connectivity index (χ0) is 12.3. The summed E-state index contributed by atoms with van der Waals surface area (Å²) in [6, 6.07) is 3.83. The molecule has 2 rings (SSSR count). The molecule has 4 nitrogen and oxygen atoms in total. The molecule has 0 spiro atoms. The molecule has 1 aromatic heterocycles. The van der Waals surface area contributed by atoms with Gasteiger partial charge in [0.05, 0.1) is 12.0 Å². The maximum absolute atomic E-state index is 11.1. The van der Waals surface area contributed by atoms with Gasteiger partial charge in [0.15, 0.2) is 0 Å². The van der Waals surface area contributed by atoms with Crippen molar-refractivity contribution in [2.75, 3.05) is 13.1 Å². The molecule has 1 unspecified atom stereocenters. The maximum Gasteiger partial charge on any atom is 0.305 e. The predicted molar refractivity (Wildman–Crippen MR) is 64.6 cm³/mol. The number of carbonyl (C=O) groups is 1. The summed E-state index contributed by atoms with van der Waals surface area (Å²) in [6.45, 7) is 3.95. The largest absolute Gasteiger partial charge is 0.481 e. The highest BCUT2D eigenvalue weighted by atomic mass is 16.4. The van der Waals surface area contributed by atoms with Gasteiger partial charge in [-0.25, -0.2) is 0 Å². The number of carboxylic acid groups (broad SMARTS) is 1. The molecular formula is C13H18N2O2. The molecule has 1 fully saturated rings. The molecule has 0 amide bonds. The van der Waals surface area contributed by atoms with Crippen molar-refractivity contribution in [3.8, 4) is 0 Å². The molecule has 1 aliphatic heterocycles. The summed E-state index contributed by atoms with van der Waals surface area (Å²) in [4.78, 5) is 17.5. The van der Waals surface area contributed by atoms with Gasteiger partial charge in [0.25, 0.3) is 0 Å². The van der Waals surface area contributed by atoms with Crippen LogP contribution in [0.5, 0.6) is 0 Å². The number of aliphatic carboxylic acids is 1. The van der Waals surface area contributed by atoms with Gasteiger partial charge in [0.2, 0.25) is 0 Å². The molecule has 1 saturated heterocycles. The molecule has 1 N–H and O–H groups in total. The third-order valence-corrected chi connectivity index (χ3v) is 3.58. The standard InChI is InChI=1S/C13H18N2O2/c1-13(9-12(16)17,15-7-2-3-8-15)11-5-4-6-14-10-11/h4-6,10H,2-3,7-9H2,1H3,(H,16,17). The Bertz CT molecular complexity index is 388. The lowest BCUT2D eigenvalue weighted by molar-refractivity contribution is -0.140. The third-order valence-electron chi connectivity index (χ3n) is 3.58. The van der Waals surface area contributed by atoms with Crippen molar-refractivity contribution in [1.29, 1.82) is 0 Å². The molecule has 0 aliphatic carbocycles. The number of hydrogen-bond donors (Lipinski definition) is 1. The van der Waals surface area contributed by atoms with Gasteiger partial charge < -0.3 is 5.11 Å². The molecule has 2 heterocycles. The van der Waals surface area contributed by atoms with E-state index in [1.807, 2.05) is 19.1 Å². The molecule has 92 valence electrons. The van der Waals surface area contributed by atoms with Crippen molar-refractivity contribution in [3.05, 3.63) is 30.1 Å². The molecule has 0 bridgehead atoms. The van der Waals surface area contributed by atoms with E-state index >= 15 is 0 Å². The van der Waals surface area contributed by atoms with Crippen LogP contribution in [0.25, 0.3) is 0 Å². The number of carboxylic acids is 1. The fourth-order valence-electron chi connectivity index (χ4n) is 2.58. The Labute approximate surface area is 101 Å². The first-order chi connectivity index (χ1) is 8.13. The van der Waals surface area contributed by atoms with Crippen LogP contribution in [-0.2, 0) is 10.3 Å². The summed E-state index contributed by atoms with van der Waals surface area (Å²) in [5, 5.41) is 9.12. The minimum absolute atomic E-state index is 0.124. The SMILES string of the molecule is CC(CC(=O)O)(c1cccnc1)N1CCCC1. The van der Waals surface area contributed by atoms with E-state index in [1.165, 1.54) is 0 Å². The third kappa shape index (κ3) is 2.47. The summed E-state index contributed by atoms with van der Waals surface area (Å²) in [7, 11) is 0. The van der Waals surface area contributed by atoms with E-state index < -0.39 is 11.5 Å². The van der Waals surface area contributed by atoms with Crippen LogP contribution in [0.2, 0.25) is 0 Å². The minimum Gasteiger partial charge on any atom is -0.481 e. The van der Waals surface area contributed by atoms with Gasteiger partial charge >= 0.3 is 5.97 Å². The molecule has 4 heteroatoms. The Morgan fingerprint density at radius 2 is 2.24 bits per heavy atom. The van der Waals surface area contributed by atoms with Crippen molar-refractivity contribution in [2.45, 2.75) is 31.7 Å². The van der Waals surface area contributed by atoms with Crippen molar-refractivity contribution in [2.24, 2.45) is 0 Å². The topological polar surface area (TPSA) is 53.4 Å². The Kier molecular flexibility index (Phi) is 3.43. The second-order valence-corrected chi connectivity index (χ2v) is 4.78. The van der Waals surface area contributed by atoms with E-state index in [0.717, 1.165) is 31.5 Å². The second kappa shape index (κ2) is 4.84. The molecule has 17 heavy (non-hydrogen) atoms. The summed E-state index contributed by atoms with van der Waals surface area (Å²) < 4.78 is 0. The van der Waals surface area contributed by atoms with Crippen LogP contribution >= 0.6 is 0 Å². The fourth-order valence-corrected chi connectivity index (χ4v) is 2.58. The summed E-state index contributed by atoms with van der Waals surface area (Å²) >= 11 is 0. The van der Waals surface area contributed by atoms with Crippen LogP contribution < -0.4 is 0 Å². The average Bonchev–Trinajstić information content (AvgIpc) is 2.83. The molecule has 0 radical (unpaired) electrons. The minimum atomic E-state index is -0.761. The van der Waals surface area contributed by atoms with Crippen LogP contribution in [0.4, 0.5) is 0 Å². The smallest absolute Gasteiger partial charge is 0.305 e. The zero-order valence-electron chi connectivity index (χ0n) is 10.1. The van der Waals surface area contributed by atoms with Crippen molar-refractivity contribution < 1.29 is 9.90 Å². The molecule has 1 aromatic rings. The quantitative estimate of drug-likeness (QED) is 0.864. The van der Waals surface area contributed by atoms with Gasteiger partial charge in [-0.1, -0.05) is 6.07 Å². The molecule has 1 aliphatic rings. The zero-order valence-corrected chi connectivity index (χ0v) is 10.1. The summed E-state index contributed by atoms with van der Waals surface area (Å²) in [5.41, 5.74) is 0.556. The normalized spacial score (nSPS) is 20.1. The van der Waals surface area contributed by atoms with Gasteiger partial charge in [-0.05, 0) is 44.5 Å². The first kappa shape index (κ1) is 12.0. The number of likely N-dealkylation sites (tertiary alicyclic amines) is 1. The Morgan fingerprint density at radius 1 is 1.53 bits per heavy atom. The first-order valence-electron chi connectivity index (χ1n) is 6.00. The Morgan fingerprint density at radius 3 is 2.76 bits per heavy atom. The predicted octanol–water partition coefficient (Wildman–Crippen LogP) is 1.87. The number of rotatable bonds is 4. The maximum atomic E-state index is 11.1. The highest BCUT2D eigenvalue weighted by Gasteiger charge is 2.37. The van der Waals surface area contributed by atoms with Crippen LogP contribution in [0.3, 0.4) is 0 Å². The Balaban J connectivity index is 2.32. The van der Waals surface area contributed by atoms with Crippen molar-refractivity contribution in [3.63, 3.8) is 0 Å². The van der Waals surface area contributed by atoms with E-state index in [9.17, 15) is 4.79 Å². The van der Waals surface area contributed by atoms with Crippen molar-refractivity contribution >= 4 is 5.97 Å². The number of aromatic nitrogens is 1. The summed E-state index contributed by atoms with van der Waals surface area (Å²) in [6.07, 6.45) is 5.92. The molecular weight excluding hydrogens is 216 g/mol. The number of hydrogen-bond acceptors (Lipinski definition) is 3. The van der Waals surface area contributed by atoms with Gasteiger partial charge in [-0.3, -0.25) is 14.7 Å². The van der Waals surface area contributed by atoms with Gasteiger partial charge in [0, 0.05) is 12.4 Å².